The van der Waals surface area contributed by atoms with Crippen molar-refractivity contribution in [1.29, 1.82) is 0 Å². The SMILES string of the molecule is CCOc1cc(Cl)ccc1NC(=O)C1CC12CCNCC2.Cl. The first kappa shape index (κ1) is 17.4. The highest BCUT2D eigenvalue weighted by atomic mass is 35.5. The second-order valence-corrected chi connectivity index (χ2v) is 6.37. The molecule has 2 N–H and O–H groups in total. The number of carbonyl (C=O) groups excluding carboxylic acids is 1. The number of ether oxygens (including phenoxy) is 1. The summed E-state index contributed by atoms with van der Waals surface area (Å²) in [5, 5.41) is 6.98. The largest absolute Gasteiger partial charge is 0.492 e. The Kier molecular flexibility index (Phi) is 5.59. The van der Waals surface area contributed by atoms with Crippen molar-refractivity contribution in [1.82, 2.24) is 5.32 Å². The molecule has 0 radical (unpaired) electrons. The van der Waals surface area contributed by atoms with Crippen molar-refractivity contribution in [2.45, 2.75) is 26.2 Å². The highest BCUT2D eigenvalue weighted by Crippen LogP contribution is 2.58. The number of hydrogen-bond donors (Lipinski definition) is 2. The minimum Gasteiger partial charge on any atom is -0.492 e. The molecule has 1 saturated carbocycles. The normalized spacial score (nSPS) is 21.8. The molecule has 1 saturated heterocycles. The number of anilines is 1. The molecular weight excluding hydrogens is 323 g/mol. The molecule has 122 valence electrons. The molecule has 22 heavy (non-hydrogen) atoms. The fourth-order valence-corrected chi connectivity index (χ4v) is 3.45. The lowest BCUT2D eigenvalue weighted by Gasteiger charge is -2.23. The zero-order valence-corrected chi connectivity index (χ0v) is 14.2. The standard InChI is InChI=1S/C16H21ClN2O2.ClH/c1-2-21-14-9-11(17)3-4-13(14)19-15(20)12-10-16(12)5-7-18-8-6-16;/h3-4,9,12,18H,2,5-8,10H2,1H3,(H,19,20);1H. The van der Waals surface area contributed by atoms with E-state index >= 15 is 0 Å². The molecule has 0 bridgehead atoms. The van der Waals surface area contributed by atoms with Crippen LogP contribution in [0.4, 0.5) is 5.69 Å². The smallest absolute Gasteiger partial charge is 0.228 e. The van der Waals surface area contributed by atoms with E-state index in [1.54, 1.807) is 12.1 Å². The number of piperidine rings is 1. The van der Waals surface area contributed by atoms with Crippen molar-refractivity contribution < 1.29 is 9.53 Å². The van der Waals surface area contributed by atoms with Gasteiger partial charge in [-0.15, -0.1) is 12.4 Å². The minimum atomic E-state index is 0. The Labute approximate surface area is 142 Å². The lowest BCUT2D eigenvalue weighted by atomic mass is 9.92. The number of nitrogens with one attached hydrogen (secondary N) is 2. The first-order chi connectivity index (χ1) is 10.1. The van der Waals surface area contributed by atoms with Crippen LogP contribution < -0.4 is 15.4 Å². The highest BCUT2D eigenvalue weighted by molar-refractivity contribution is 6.30. The average Bonchev–Trinajstić information content (AvgIpc) is 3.16. The van der Waals surface area contributed by atoms with E-state index < -0.39 is 0 Å². The Balaban J connectivity index is 0.00000176. The van der Waals surface area contributed by atoms with E-state index in [0.29, 0.717) is 23.1 Å². The summed E-state index contributed by atoms with van der Waals surface area (Å²) in [6.07, 6.45) is 3.21. The molecule has 1 spiro atoms. The Morgan fingerprint density at radius 1 is 1.45 bits per heavy atom. The summed E-state index contributed by atoms with van der Waals surface area (Å²) in [7, 11) is 0. The van der Waals surface area contributed by atoms with E-state index in [1.165, 1.54) is 0 Å². The molecular formula is C16H22Cl2N2O2. The number of halogens is 2. The topological polar surface area (TPSA) is 50.4 Å². The van der Waals surface area contributed by atoms with Crippen LogP contribution in [-0.2, 0) is 4.79 Å². The summed E-state index contributed by atoms with van der Waals surface area (Å²) >= 11 is 5.98. The monoisotopic (exact) mass is 344 g/mol. The van der Waals surface area contributed by atoms with Gasteiger partial charge in [0, 0.05) is 17.0 Å². The average molecular weight is 345 g/mol. The van der Waals surface area contributed by atoms with Gasteiger partial charge in [0.2, 0.25) is 5.91 Å². The molecule has 4 nitrogen and oxygen atoms in total. The van der Waals surface area contributed by atoms with E-state index in [-0.39, 0.29) is 29.6 Å². The summed E-state index contributed by atoms with van der Waals surface area (Å²) in [6, 6.07) is 5.32. The molecule has 1 amide bonds. The van der Waals surface area contributed by atoms with Crippen molar-refractivity contribution in [3.05, 3.63) is 23.2 Å². The van der Waals surface area contributed by atoms with Crippen LogP contribution in [0.15, 0.2) is 18.2 Å². The molecule has 1 atom stereocenters. The fourth-order valence-electron chi connectivity index (χ4n) is 3.29. The van der Waals surface area contributed by atoms with Gasteiger partial charge in [-0.3, -0.25) is 4.79 Å². The molecule has 6 heteroatoms. The summed E-state index contributed by atoms with van der Waals surface area (Å²) in [4.78, 5) is 12.5. The van der Waals surface area contributed by atoms with Crippen LogP contribution in [0.2, 0.25) is 5.02 Å². The molecule has 1 aliphatic carbocycles. The number of benzene rings is 1. The van der Waals surface area contributed by atoms with Crippen LogP contribution in [0.3, 0.4) is 0 Å². The summed E-state index contributed by atoms with van der Waals surface area (Å²) in [5.74, 6) is 0.892. The molecule has 1 aromatic carbocycles. The van der Waals surface area contributed by atoms with Gasteiger partial charge < -0.3 is 15.4 Å². The van der Waals surface area contributed by atoms with Crippen LogP contribution >= 0.6 is 24.0 Å². The minimum absolute atomic E-state index is 0. The summed E-state index contributed by atoms with van der Waals surface area (Å²) in [6.45, 7) is 4.50. The molecule has 0 aromatic heterocycles. The Morgan fingerprint density at radius 2 is 2.18 bits per heavy atom. The molecule has 1 aliphatic heterocycles. The third kappa shape index (κ3) is 3.50. The first-order valence-corrected chi connectivity index (χ1v) is 7.96. The predicted octanol–water partition coefficient (Wildman–Crippen LogP) is 3.49. The number of carbonyl (C=O) groups is 1. The molecule has 2 fully saturated rings. The van der Waals surface area contributed by atoms with Crippen LogP contribution in [0.5, 0.6) is 5.75 Å². The molecule has 1 unspecified atom stereocenters. The Morgan fingerprint density at radius 3 is 2.86 bits per heavy atom. The van der Waals surface area contributed by atoms with E-state index in [9.17, 15) is 4.79 Å². The Bertz CT molecular complexity index is 545. The zero-order chi connectivity index (χ0) is 14.9. The van der Waals surface area contributed by atoms with E-state index in [0.717, 1.165) is 32.4 Å². The maximum absolute atomic E-state index is 12.5. The predicted molar refractivity (Wildman–Crippen MR) is 91.1 cm³/mol. The van der Waals surface area contributed by atoms with E-state index in [2.05, 4.69) is 10.6 Å². The zero-order valence-electron chi connectivity index (χ0n) is 12.7. The van der Waals surface area contributed by atoms with Crippen LogP contribution in [-0.4, -0.2) is 25.6 Å². The highest BCUT2D eigenvalue weighted by Gasteiger charge is 2.57. The van der Waals surface area contributed by atoms with Gasteiger partial charge >= 0.3 is 0 Å². The van der Waals surface area contributed by atoms with Crippen LogP contribution in [0.25, 0.3) is 0 Å². The van der Waals surface area contributed by atoms with Gasteiger partial charge in [-0.2, -0.15) is 0 Å². The van der Waals surface area contributed by atoms with E-state index in [4.69, 9.17) is 16.3 Å². The van der Waals surface area contributed by atoms with Gasteiger partial charge in [-0.25, -0.2) is 0 Å². The van der Waals surface area contributed by atoms with Crippen molar-refractivity contribution in [2.75, 3.05) is 25.0 Å². The maximum atomic E-state index is 12.5. The van der Waals surface area contributed by atoms with Gasteiger partial charge in [0.05, 0.1) is 12.3 Å². The van der Waals surface area contributed by atoms with Gasteiger partial charge in [0.1, 0.15) is 5.75 Å². The van der Waals surface area contributed by atoms with Gasteiger partial charge in [-0.05, 0) is 56.8 Å². The van der Waals surface area contributed by atoms with Gasteiger partial charge in [-0.1, -0.05) is 11.6 Å². The van der Waals surface area contributed by atoms with Crippen LogP contribution in [0.1, 0.15) is 26.2 Å². The third-order valence-electron chi connectivity index (χ3n) is 4.61. The molecule has 1 heterocycles. The van der Waals surface area contributed by atoms with Gasteiger partial charge in [0.15, 0.2) is 0 Å². The second-order valence-electron chi connectivity index (χ2n) is 5.93. The number of hydrogen-bond acceptors (Lipinski definition) is 3. The van der Waals surface area contributed by atoms with Crippen molar-refractivity contribution in [2.24, 2.45) is 11.3 Å². The van der Waals surface area contributed by atoms with Crippen molar-refractivity contribution in [3.63, 3.8) is 0 Å². The second kappa shape index (κ2) is 7.07. The molecule has 3 rings (SSSR count). The molecule has 1 aromatic rings. The van der Waals surface area contributed by atoms with E-state index in [1.807, 2.05) is 13.0 Å². The lowest BCUT2D eigenvalue weighted by molar-refractivity contribution is -0.118. The third-order valence-corrected chi connectivity index (χ3v) is 4.84. The maximum Gasteiger partial charge on any atom is 0.228 e. The fraction of sp³-hybridized carbons (Fsp3) is 0.562. The van der Waals surface area contributed by atoms with Gasteiger partial charge in [0.25, 0.3) is 0 Å². The number of amides is 1. The van der Waals surface area contributed by atoms with Crippen LogP contribution in [0, 0.1) is 11.3 Å². The summed E-state index contributed by atoms with van der Waals surface area (Å²) < 4.78 is 5.55. The Hall–Kier alpha value is -0.970. The van der Waals surface area contributed by atoms with Crippen molar-refractivity contribution in [3.8, 4) is 5.75 Å². The quantitative estimate of drug-likeness (QED) is 0.878. The van der Waals surface area contributed by atoms with Crippen molar-refractivity contribution >= 4 is 35.6 Å². The first-order valence-electron chi connectivity index (χ1n) is 7.58. The lowest BCUT2D eigenvalue weighted by Crippen LogP contribution is -2.31. The summed E-state index contributed by atoms with van der Waals surface area (Å²) in [5.41, 5.74) is 0.954. The number of rotatable bonds is 4. The molecule has 2 aliphatic rings.